The Morgan fingerprint density at radius 2 is 0.941 bits per heavy atom. The van der Waals surface area contributed by atoms with Crippen LogP contribution in [-0.2, 0) is 20.2 Å². The minimum Gasteiger partial charge on any atom is -0.396 e. The number of halogens is 2. The van der Waals surface area contributed by atoms with Crippen molar-refractivity contribution in [3.63, 3.8) is 0 Å². The Hall–Kier alpha value is -0.400. The van der Waals surface area contributed by atoms with E-state index in [0.717, 1.165) is 0 Å². The molecule has 0 radical (unpaired) electrons. The molecule has 4 N–H and O–H groups in total. The molecular formula is C5H14F2O8S2. The minimum absolute atomic E-state index is 0.0938. The SMILES string of the molecule is O=S(=O)(O)CF.O=S(=O)(O)CF.OCCCO. The average Bonchev–Trinajstić information content (AvgIpc) is 2.19. The number of rotatable bonds is 4. The Labute approximate surface area is 97.4 Å². The summed E-state index contributed by atoms with van der Waals surface area (Å²) in [5.74, 6) is 0. The monoisotopic (exact) mass is 304 g/mol. The van der Waals surface area contributed by atoms with Crippen molar-refractivity contribution in [2.24, 2.45) is 0 Å². The number of aliphatic hydroxyl groups is 2. The first-order chi connectivity index (χ1) is 7.54. The second kappa shape index (κ2) is 12.1. The van der Waals surface area contributed by atoms with Gasteiger partial charge in [-0.15, -0.1) is 0 Å². The number of alkyl halides is 2. The molecule has 8 nitrogen and oxygen atoms in total. The fourth-order valence-electron chi connectivity index (χ4n) is 0.0707. The van der Waals surface area contributed by atoms with Crippen molar-refractivity contribution in [3.05, 3.63) is 0 Å². The zero-order valence-corrected chi connectivity index (χ0v) is 10.2. The van der Waals surface area contributed by atoms with Crippen molar-refractivity contribution in [1.82, 2.24) is 0 Å². The molecule has 0 aromatic rings. The Bertz CT molecular complexity index is 303. The lowest BCUT2D eigenvalue weighted by molar-refractivity contribution is 0.221. The minimum atomic E-state index is -4.33. The maximum Gasteiger partial charge on any atom is 0.294 e. The largest absolute Gasteiger partial charge is 0.396 e. The predicted octanol–water partition coefficient (Wildman–Crippen LogP) is -1.04. The molecule has 0 saturated heterocycles. The molecule has 0 aromatic heterocycles. The van der Waals surface area contributed by atoms with Gasteiger partial charge in [-0.3, -0.25) is 9.11 Å². The van der Waals surface area contributed by atoms with Crippen molar-refractivity contribution in [2.45, 2.75) is 6.42 Å². The Morgan fingerprint density at radius 1 is 0.765 bits per heavy atom. The maximum absolute atomic E-state index is 10.7. The van der Waals surface area contributed by atoms with Gasteiger partial charge >= 0.3 is 0 Å². The van der Waals surface area contributed by atoms with E-state index in [4.69, 9.17) is 19.3 Å². The second-order valence-electron chi connectivity index (χ2n) is 2.18. The third-order valence-electron chi connectivity index (χ3n) is 0.592. The lowest BCUT2D eigenvalue weighted by atomic mass is 10.5. The molecule has 0 spiro atoms. The first-order valence-electron chi connectivity index (χ1n) is 3.78. The standard InChI is InChI=1S/C3H8O2.2CH3FO3S/c4-2-1-3-5;2*2-1-6(3,4)5/h4-5H,1-3H2;2*1H2,(H,3,4,5). The highest BCUT2D eigenvalue weighted by Gasteiger charge is 1.98. The van der Waals surface area contributed by atoms with Crippen LogP contribution in [0.2, 0.25) is 0 Å². The van der Waals surface area contributed by atoms with Crippen molar-refractivity contribution < 1.29 is 44.9 Å². The molecule has 0 heterocycles. The summed E-state index contributed by atoms with van der Waals surface area (Å²) in [5, 5.41) is 15.8. The molecule has 0 aliphatic heterocycles. The smallest absolute Gasteiger partial charge is 0.294 e. The molecule has 108 valence electrons. The van der Waals surface area contributed by atoms with Crippen LogP contribution in [-0.4, -0.2) is 61.4 Å². The van der Waals surface area contributed by atoms with Crippen LogP contribution in [0.3, 0.4) is 0 Å². The molecular weight excluding hydrogens is 290 g/mol. The fourth-order valence-corrected chi connectivity index (χ4v) is 0.0707. The molecule has 0 aliphatic rings. The van der Waals surface area contributed by atoms with Gasteiger partial charge in [0.25, 0.3) is 20.2 Å². The molecule has 17 heavy (non-hydrogen) atoms. The van der Waals surface area contributed by atoms with Crippen LogP contribution >= 0.6 is 0 Å². The van der Waals surface area contributed by atoms with E-state index in [-0.39, 0.29) is 13.2 Å². The highest BCUT2D eigenvalue weighted by molar-refractivity contribution is 7.85. The number of hydrogen-bond donors (Lipinski definition) is 4. The van der Waals surface area contributed by atoms with Gasteiger partial charge in [-0.1, -0.05) is 0 Å². The highest BCUT2D eigenvalue weighted by atomic mass is 32.2. The van der Waals surface area contributed by atoms with Gasteiger partial charge in [0.15, 0.2) is 0 Å². The normalized spacial score (nSPS) is 10.7. The summed E-state index contributed by atoms with van der Waals surface area (Å²) in [5.41, 5.74) is 0. The van der Waals surface area contributed by atoms with Gasteiger partial charge in [0.2, 0.25) is 12.0 Å². The lowest BCUT2D eigenvalue weighted by Crippen LogP contribution is -1.96. The molecule has 0 fully saturated rings. The zero-order valence-electron chi connectivity index (χ0n) is 8.53. The number of aliphatic hydroxyl groups excluding tert-OH is 2. The summed E-state index contributed by atoms with van der Waals surface area (Å²) in [6, 6.07) is -3.40. The van der Waals surface area contributed by atoms with Gasteiger partial charge in [0, 0.05) is 13.2 Å². The molecule has 0 aliphatic carbocycles. The third kappa shape index (κ3) is 50.0. The van der Waals surface area contributed by atoms with Crippen LogP contribution in [0, 0.1) is 0 Å². The molecule has 0 atom stereocenters. The van der Waals surface area contributed by atoms with E-state index < -0.39 is 32.2 Å². The molecule has 12 heteroatoms. The van der Waals surface area contributed by atoms with Gasteiger partial charge < -0.3 is 10.2 Å². The van der Waals surface area contributed by atoms with Crippen molar-refractivity contribution in [3.8, 4) is 0 Å². The predicted molar refractivity (Wildman–Crippen MR) is 53.8 cm³/mol. The fraction of sp³-hybridized carbons (Fsp3) is 1.00. The Balaban J connectivity index is -0.000000174. The maximum atomic E-state index is 10.7. The third-order valence-corrected chi connectivity index (χ3v) is 1.14. The topological polar surface area (TPSA) is 149 Å². The quantitative estimate of drug-likeness (QED) is 0.481. The molecule has 0 saturated carbocycles. The molecule has 0 bridgehead atoms. The van der Waals surface area contributed by atoms with Crippen LogP contribution in [0.25, 0.3) is 0 Å². The van der Waals surface area contributed by atoms with Gasteiger partial charge in [-0.25, -0.2) is 8.78 Å². The van der Waals surface area contributed by atoms with E-state index in [2.05, 4.69) is 0 Å². The van der Waals surface area contributed by atoms with E-state index in [1.165, 1.54) is 0 Å². The van der Waals surface area contributed by atoms with Crippen molar-refractivity contribution in [2.75, 3.05) is 25.2 Å². The van der Waals surface area contributed by atoms with Gasteiger partial charge in [0.05, 0.1) is 0 Å². The summed E-state index contributed by atoms with van der Waals surface area (Å²) in [6.45, 7) is 0.188. The van der Waals surface area contributed by atoms with Crippen LogP contribution < -0.4 is 0 Å². The van der Waals surface area contributed by atoms with Crippen LogP contribution in [0.15, 0.2) is 0 Å². The summed E-state index contributed by atoms with van der Waals surface area (Å²) in [4.78, 5) is 0. The summed E-state index contributed by atoms with van der Waals surface area (Å²) in [6.07, 6.45) is 0.500. The Morgan fingerprint density at radius 3 is 0.941 bits per heavy atom. The first-order valence-corrected chi connectivity index (χ1v) is 6.99. The second-order valence-corrected chi connectivity index (χ2v) is 4.95. The summed E-state index contributed by atoms with van der Waals surface area (Å²) < 4.78 is 72.9. The summed E-state index contributed by atoms with van der Waals surface area (Å²) in [7, 11) is -8.66. The van der Waals surface area contributed by atoms with Crippen molar-refractivity contribution in [1.29, 1.82) is 0 Å². The van der Waals surface area contributed by atoms with Gasteiger partial charge in [-0.05, 0) is 6.42 Å². The molecule has 0 amide bonds. The van der Waals surface area contributed by atoms with Crippen LogP contribution in [0.5, 0.6) is 0 Å². The van der Waals surface area contributed by atoms with E-state index in [0.29, 0.717) is 6.42 Å². The van der Waals surface area contributed by atoms with Gasteiger partial charge in [0.1, 0.15) is 0 Å². The van der Waals surface area contributed by atoms with Gasteiger partial charge in [-0.2, -0.15) is 16.8 Å². The van der Waals surface area contributed by atoms with E-state index >= 15 is 0 Å². The zero-order chi connectivity index (χ0) is 14.5. The Kier molecular flexibility index (Phi) is 15.5. The van der Waals surface area contributed by atoms with Crippen LogP contribution in [0.1, 0.15) is 6.42 Å². The highest BCUT2D eigenvalue weighted by Crippen LogP contribution is 1.78. The summed E-state index contributed by atoms with van der Waals surface area (Å²) >= 11 is 0. The van der Waals surface area contributed by atoms with E-state index in [1.807, 2.05) is 0 Å². The lowest BCUT2D eigenvalue weighted by Gasteiger charge is -1.79. The number of hydrogen-bond acceptors (Lipinski definition) is 6. The van der Waals surface area contributed by atoms with E-state index in [9.17, 15) is 25.6 Å². The van der Waals surface area contributed by atoms with Crippen LogP contribution in [0.4, 0.5) is 8.78 Å². The van der Waals surface area contributed by atoms with E-state index in [1.54, 1.807) is 0 Å². The molecule has 0 unspecified atom stereocenters. The molecule has 0 rings (SSSR count). The average molecular weight is 304 g/mol. The first kappa shape index (κ1) is 21.8. The van der Waals surface area contributed by atoms with Crippen molar-refractivity contribution >= 4 is 20.2 Å². The molecule has 0 aromatic carbocycles.